The Morgan fingerprint density at radius 1 is 0.946 bits per heavy atom. The third-order valence-electron chi connectivity index (χ3n) is 4.23. The smallest absolute Gasteiger partial charge is 0.439 e. The van der Waals surface area contributed by atoms with Gasteiger partial charge in [0.05, 0.1) is 11.5 Å². The van der Waals surface area contributed by atoms with Gasteiger partial charge in [-0.3, -0.25) is 10.0 Å². The Balaban J connectivity index is 0.000000700. The highest BCUT2D eigenvalue weighted by molar-refractivity contribution is 7.93. The number of rotatable bonds is 7. The molecule has 1 aromatic heterocycles. The van der Waals surface area contributed by atoms with E-state index in [1.807, 2.05) is 36.4 Å². The Morgan fingerprint density at radius 3 is 1.86 bits per heavy atom. The van der Waals surface area contributed by atoms with Gasteiger partial charge in [-0.15, -0.1) is 11.3 Å². The van der Waals surface area contributed by atoms with Crippen LogP contribution in [-0.2, 0) is 14.8 Å². The number of thiazole rings is 1. The number of sulfonamides is 1. The summed E-state index contributed by atoms with van der Waals surface area (Å²) < 4.78 is 112. The second-order valence-electron chi connectivity index (χ2n) is 6.84. The van der Waals surface area contributed by atoms with Gasteiger partial charge < -0.3 is 10.1 Å². The number of hydrogen-bond acceptors (Lipinski definition) is 7. The molecule has 3 N–H and O–H groups in total. The summed E-state index contributed by atoms with van der Waals surface area (Å²) in [5, 5.41) is 3.46. The number of anilines is 2. The van der Waals surface area contributed by atoms with E-state index in [1.165, 1.54) is 23.8 Å². The van der Waals surface area contributed by atoms with E-state index in [-0.39, 0.29) is 5.13 Å². The van der Waals surface area contributed by atoms with Crippen LogP contribution >= 0.6 is 11.3 Å². The number of carbonyl (C=O) groups is 1. The van der Waals surface area contributed by atoms with Crippen molar-refractivity contribution >= 4 is 38.3 Å². The molecule has 0 aliphatic rings. The first-order valence-corrected chi connectivity index (χ1v) is 12.5. The second-order valence-corrected chi connectivity index (χ2v) is 9.41. The van der Waals surface area contributed by atoms with Gasteiger partial charge >= 0.3 is 24.1 Å². The quantitative estimate of drug-likeness (QED) is 0.252. The van der Waals surface area contributed by atoms with Gasteiger partial charge in [0.25, 0.3) is 10.0 Å². The van der Waals surface area contributed by atoms with Crippen molar-refractivity contribution in [2.24, 2.45) is 0 Å². The van der Waals surface area contributed by atoms with E-state index in [0.29, 0.717) is 12.1 Å². The highest BCUT2D eigenvalue weighted by atomic mass is 32.2. The maximum atomic E-state index is 13.5. The van der Waals surface area contributed by atoms with Crippen LogP contribution < -0.4 is 15.4 Å². The van der Waals surface area contributed by atoms with E-state index in [1.54, 1.807) is 0 Å². The van der Waals surface area contributed by atoms with Gasteiger partial charge in [-0.25, -0.2) is 18.2 Å². The Morgan fingerprint density at radius 2 is 1.46 bits per heavy atom. The third-order valence-corrected chi connectivity index (χ3v) is 6.41. The molecular formula is C21H20F6N4O4S2. The van der Waals surface area contributed by atoms with E-state index in [2.05, 4.69) is 14.4 Å². The van der Waals surface area contributed by atoms with Crippen LogP contribution in [0.2, 0.25) is 0 Å². The molecule has 0 aliphatic carbocycles. The van der Waals surface area contributed by atoms with Gasteiger partial charge in [-0.2, -0.15) is 26.3 Å². The summed E-state index contributed by atoms with van der Waals surface area (Å²) in [5.74, 6) is 0. The zero-order chi connectivity index (χ0) is 27.7. The van der Waals surface area contributed by atoms with Gasteiger partial charge in [0.1, 0.15) is 0 Å². The van der Waals surface area contributed by atoms with Crippen LogP contribution in [0, 0.1) is 0 Å². The second kappa shape index (κ2) is 12.1. The van der Waals surface area contributed by atoms with E-state index in [4.69, 9.17) is 0 Å². The summed E-state index contributed by atoms with van der Waals surface area (Å²) in [6, 6.07) is 14.9. The predicted molar refractivity (Wildman–Crippen MR) is 124 cm³/mol. The number of carbonyl (C=O) groups excluding carboxylic acids is 1. The molecule has 8 nitrogen and oxygen atoms in total. The molecule has 0 bridgehead atoms. The molecular weight excluding hydrogens is 550 g/mol. The molecule has 0 fully saturated rings. The summed E-state index contributed by atoms with van der Waals surface area (Å²) in [4.78, 5) is 14.7. The number of benzene rings is 2. The zero-order valence-electron chi connectivity index (χ0n) is 18.8. The molecule has 1 amide bonds. The minimum absolute atomic E-state index is 0.00833. The topological polar surface area (TPSA) is 109 Å². The number of halogens is 6. The molecule has 0 radical (unpaired) electrons. The van der Waals surface area contributed by atoms with Gasteiger partial charge in [0.15, 0.2) is 5.13 Å². The molecule has 0 saturated heterocycles. The van der Waals surface area contributed by atoms with Crippen molar-refractivity contribution < 1.29 is 44.3 Å². The first-order chi connectivity index (χ1) is 17.2. The van der Waals surface area contributed by atoms with E-state index < -0.39 is 51.3 Å². The fourth-order valence-corrected chi connectivity index (χ4v) is 4.35. The zero-order valence-corrected chi connectivity index (χ0v) is 20.4. The van der Waals surface area contributed by atoms with Crippen LogP contribution in [0.3, 0.4) is 0 Å². The number of alkyl halides is 6. The highest BCUT2D eigenvalue weighted by Gasteiger charge is 2.73. The summed E-state index contributed by atoms with van der Waals surface area (Å²) >= 11 is 0.955. The minimum atomic E-state index is -6.05. The number of amides is 1. The van der Waals surface area contributed by atoms with Crippen molar-refractivity contribution in [2.45, 2.75) is 29.8 Å². The molecule has 37 heavy (non-hydrogen) atoms. The van der Waals surface area contributed by atoms with Crippen LogP contribution in [0.4, 0.5) is 42.0 Å². The third kappa shape index (κ3) is 7.98. The van der Waals surface area contributed by atoms with Crippen molar-refractivity contribution in [2.75, 3.05) is 16.6 Å². The number of hydrogen-bond donors (Lipinski definition) is 3. The molecule has 0 saturated carbocycles. The van der Waals surface area contributed by atoms with Gasteiger partial charge in [0, 0.05) is 17.3 Å². The van der Waals surface area contributed by atoms with E-state index in [0.717, 1.165) is 28.8 Å². The normalized spacial score (nSPS) is 12.1. The standard InChI is InChI=1S/C15H14F6N4O4S2.C6H6/c1-2-29-12(26)24-13(14(16,17)18,15(19,20)21)23-9-3-5-10(6-4-9)31(27,28)25-11-22-7-8-30-11;1-2-4-6-5-3-1/h3-8,23H,2H2,1H3,(H,22,25)(H,24,26);1-6H. The molecule has 3 aromatic rings. The molecule has 0 unspecified atom stereocenters. The van der Waals surface area contributed by atoms with Crippen molar-refractivity contribution in [3.8, 4) is 0 Å². The summed E-state index contributed by atoms with van der Waals surface area (Å²) in [7, 11) is -4.19. The first kappa shape index (κ1) is 29.7. The molecule has 0 aliphatic heterocycles. The van der Waals surface area contributed by atoms with Crippen LogP contribution in [-0.4, -0.2) is 44.1 Å². The first-order valence-electron chi connectivity index (χ1n) is 10.1. The molecule has 0 spiro atoms. The van der Waals surface area contributed by atoms with Gasteiger partial charge in [-0.1, -0.05) is 36.4 Å². The lowest BCUT2D eigenvalue weighted by Gasteiger charge is -2.38. The molecule has 3 rings (SSSR count). The number of ether oxygens (including phenoxy) is 1. The lowest BCUT2D eigenvalue weighted by molar-refractivity contribution is -0.294. The summed E-state index contributed by atoms with van der Waals surface area (Å²) in [6.45, 7) is 0.713. The maximum absolute atomic E-state index is 13.5. The van der Waals surface area contributed by atoms with E-state index in [9.17, 15) is 39.6 Å². The largest absolute Gasteiger partial charge is 0.450 e. The highest BCUT2D eigenvalue weighted by Crippen LogP contribution is 2.43. The Hall–Kier alpha value is -3.53. The number of nitrogens with one attached hydrogen (secondary N) is 3. The van der Waals surface area contributed by atoms with Crippen molar-refractivity contribution in [3.63, 3.8) is 0 Å². The van der Waals surface area contributed by atoms with Gasteiger partial charge in [0.2, 0.25) is 0 Å². The average Bonchev–Trinajstić information content (AvgIpc) is 3.31. The Labute approximate surface area is 211 Å². The monoisotopic (exact) mass is 570 g/mol. The summed E-state index contributed by atoms with van der Waals surface area (Å²) in [6.07, 6.45) is -12.7. The maximum Gasteiger partial charge on any atom is 0.439 e. The number of aromatic nitrogens is 1. The SMILES string of the molecule is CCOC(=O)NC(Nc1ccc(S(=O)(=O)Nc2nccs2)cc1)(C(F)(F)F)C(F)(F)F.c1ccccc1. The number of alkyl carbamates (subject to hydrolysis) is 1. The summed E-state index contributed by atoms with van der Waals surface area (Å²) in [5.41, 5.74) is -5.68. The molecule has 0 atom stereocenters. The van der Waals surface area contributed by atoms with Crippen LogP contribution in [0.5, 0.6) is 0 Å². The van der Waals surface area contributed by atoms with Crippen molar-refractivity contribution in [3.05, 3.63) is 72.2 Å². The van der Waals surface area contributed by atoms with E-state index >= 15 is 0 Å². The van der Waals surface area contributed by atoms with Crippen LogP contribution in [0.25, 0.3) is 0 Å². The lowest BCUT2D eigenvalue weighted by atomic mass is 10.1. The molecule has 1 heterocycles. The van der Waals surface area contributed by atoms with Crippen molar-refractivity contribution in [1.29, 1.82) is 0 Å². The predicted octanol–water partition coefficient (Wildman–Crippen LogP) is 5.61. The number of nitrogens with zero attached hydrogens (tertiary/aromatic N) is 1. The molecule has 2 aromatic carbocycles. The van der Waals surface area contributed by atoms with Gasteiger partial charge in [-0.05, 0) is 31.2 Å². The lowest BCUT2D eigenvalue weighted by Crippen LogP contribution is -2.72. The Kier molecular flexibility index (Phi) is 9.74. The minimum Gasteiger partial charge on any atom is -0.450 e. The van der Waals surface area contributed by atoms with Crippen molar-refractivity contribution in [1.82, 2.24) is 10.3 Å². The molecule has 16 heteroatoms. The van der Waals surface area contributed by atoms with Crippen LogP contribution in [0.1, 0.15) is 6.92 Å². The fourth-order valence-electron chi connectivity index (χ4n) is 2.56. The fraction of sp³-hybridized carbons (Fsp3) is 0.238. The Bertz CT molecular complexity index is 1180. The average molecular weight is 571 g/mol. The van der Waals surface area contributed by atoms with Crippen LogP contribution in [0.15, 0.2) is 77.1 Å². The molecule has 202 valence electrons.